The summed E-state index contributed by atoms with van der Waals surface area (Å²) in [5, 5.41) is 0. The molecule has 0 aliphatic carbocycles. The van der Waals surface area contributed by atoms with E-state index in [9.17, 15) is 0 Å². The van der Waals surface area contributed by atoms with Crippen LogP contribution in [0.5, 0.6) is 23.0 Å². The van der Waals surface area contributed by atoms with Crippen molar-refractivity contribution in [2.24, 2.45) is 0 Å². The van der Waals surface area contributed by atoms with Crippen molar-refractivity contribution < 1.29 is 18.6 Å². The summed E-state index contributed by atoms with van der Waals surface area (Å²) < 4.78 is 25.5. The van der Waals surface area contributed by atoms with E-state index in [-0.39, 0.29) is 21.7 Å². The highest BCUT2D eigenvalue weighted by molar-refractivity contribution is 7.12. The molecular weight excluding hydrogens is 422 g/mol. The van der Waals surface area contributed by atoms with Gasteiger partial charge in [0.05, 0.1) is 0 Å². The van der Waals surface area contributed by atoms with Gasteiger partial charge in [0.1, 0.15) is 23.0 Å². The van der Waals surface area contributed by atoms with Crippen LogP contribution < -0.4 is 18.6 Å². The van der Waals surface area contributed by atoms with E-state index in [2.05, 4.69) is 107 Å². The highest BCUT2D eigenvalue weighted by Crippen LogP contribution is 2.49. The number of rotatable bonds is 1. The molecular formula is C28H40B2O4. The van der Waals surface area contributed by atoms with E-state index in [0.29, 0.717) is 0 Å². The van der Waals surface area contributed by atoms with Crippen molar-refractivity contribution >= 4 is 14.0 Å². The van der Waals surface area contributed by atoms with Crippen LogP contribution in [0.1, 0.15) is 105 Å². The first-order chi connectivity index (χ1) is 15.4. The predicted molar refractivity (Wildman–Crippen MR) is 142 cm³/mol. The lowest BCUT2D eigenvalue weighted by atomic mass is 9.49. The van der Waals surface area contributed by atoms with E-state index in [0.717, 1.165) is 34.1 Å². The van der Waals surface area contributed by atoms with Crippen molar-refractivity contribution in [2.45, 2.75) is 105 Å². The zero-order valence-corrected chi connectivity index (χ0v) is 23.1. The van der Waals surface area contributed by atoms with Gasteiger partial charge < -0.3 is 18.6 Å². The van der Waals surface area contributed by atoms with Crippen molar-refractivity contribution in [3.8, 4) is 23.0 Å². The molecule has 2 aliphatic heterocycles. The molecule has 6 heteroatoms. The third-order valence-corrected chi connectivity index (χ3v) is 6.63. The molecule has 0 saturated carbocycles. The molecule has 4 rings (SSSR count). The van der Waals surface area contributed by atoms with Crippen LogP contribution in [0.25, 0.3) is 0 Å². The molecule has 0 atom stereocenters. The van der Waals surface area contributed by atoms with Gasteiger partial charge in [0.15, 0.2) is 0 Å². The van der Waals surface area contributed by atoms with Crippen LogP contribution in [-0.2, 0) is 21.7 Å². The van der Waals surface area contributed by atoms with Gasteiger partial charge in [0.2, 0.25) is 0 Å². The second kappa shape index (κ2) is 7.63. The third kappa shape index (κ3) is 4.53. The Hall–Kier alpha value is -2.23. The Morgan fingerprint density at radius 3 is 1.03 bits per heavy atom. The first kappa shape index (κ1) is 24.9. The summed E-state index contributed by atoms with van der Waals surface area (Å²) in [5.41, 5.74) is 4.53. The van der Waals surface area contributed by atoms with Crippen LogP contribution in [0.4, 0.5) is 0 Å². The summed E-state index contributed by atoms with van der Waals surface area (Å²) >= 11 is 0. The summed E-state index contributed by atoms with van der Waals surface area (Å²) in [4.78, 5) is 0. The van der Waals surface area contributed by atoms with Crippen LogP contribution in [0.15, 0.2) is 24.3 Å². The van der Waals surface area contributed by atoms with Gasteiger partial charge in [-0.15, -0.1) is 0 Å². The van der Waals surface area contributed by atoms with E-state index in [1.165, 1.54) is 11.1 Å². The Balaban J connectivity index is 1.70. The lowest BCUT2D eigenvalue weighted by molar-refractivity contribution is 0.455. The fourth-order valence-electron chi connectivity index (χ4n) is 4.36. The van der Waals surface area contributed by atoms with Gasteiger partial charge in [0, 0.05) is 11.1 Å². The molecule has 0 aromatic heterocycles. The maximum Gasteiger partial charge on any atom is 0.658 e. The Kier molecular flexibility index (Phi) is 5.59. The topological polar surface area (TPSA) is 36.9 Å². The predicted octanol–water partition coefficient (Wildman–Crippen LogP) is 7.17. The van der Waals surface area contributed by atoms with Gasteiger partial charge in [-0.25, -0.2) is 0 Å². The highest BCUT2D eigenvalue weighted by Gasteiger charge is 2.56. The van der Waals surface area contributed by atoms with Gasteiger partial charge in [-0.2, -0.15) is 0 Å². The molecule has 34 heavy (non-hydrogen) atoms. The second-order valence-corrected chi connectivity index (χ2v) is 13.9. The van der Waals surface area contributed by atoms with E-state index >= 15 is 0 Å². The van der Waals surface area contributed by atoms with E-state index in [4.69, 9.17) is 18.6 Å². The minimum atomic E-state index is -0.676. The molecule has 2 heterocycles. The van der Waals surface area contributed by atoms with Crippen LogP contribution >= 0.6 is 0 Å². The average molecular weight is 462 g/mol. The first-order valence-electron chi connectivity index (χ1n) is 12.4. The molecule has 0 saturated heterocycles. The van der Waals surface area contributed by atoms with Crippen molar-refractivity contribution in [1.29, 1.82) is 0 Å². The normalized spacial score (nSPS) is 15.9. The Bertz CT molecular complexity index is 1020. The molecule has 0 bridgehead atoms. The molecule has 0 spiro atoms. The van der Waals surface area contributed by atoms with E-state index in [1.807, 2.05) is 0 Å². The summed E-state index contributed by atoms with van der Waals surface area (Å²) in [5.74, 6) is 3.11. The highest BCUT2D eigenvalue weighted by atomic mass is 16.7. The monoisotopic (exact) mass is 462 g/mol. The fraction of sp³-hybridized carbons (Fsp3) is 0.571. The van der Waals surface area contributed by atoms with Crippen LogP contribution in [0.3, 0.4) is 0 Å². The minimum absolute atomic E-state index is 0.00195. The van der Waals surface area contributed by atoms with Crippen LogP contribution in [-0.4, -0.2) is 14.0 Å². The molecule has 0 unspecified atom stereocenters. The smallest absolute Gasteiger partial charge is 0.524 e. The average Bonchev–Trinajstić information content (AvgIpc) is 3.26. The van der Waals surface area contributed by atoms with Crippen LogP contribution in [0.2, 0.25) is 0 Å². The third-order valence-electron chi connectivity index (χ3n) is 6.63. The Morgan fingerprint density at radius 1 is 0.441 bits per heavy atom. The van der Waals surface area contributed by atoms with Gasteiger partial charge >= 0.3 is 14.0 Å². The maximum atomic E-state index is 6.40. The van der Waals surface area contributed by atoms with Gasteiger partial charge in [0.25, 0.3) is 0 Å². The van der Waals surface area contributed by atoms with Crippen molar-refractivity contribution in [1.82, 2.24) is 0 Å². The largest absolute Gasteiger partial charge is 0.658 e. The molecule has 2 aliphatic rings. The number of hydrogen-bond acceptors (Lipinski definition) is 4. The molecule has 0 amide bonds. The van der Waals surface area contributed by atoms with Crippen LogP contribution in [0, 0.1) is 0 Å². The summed E-state index contributed by atoms with van der Waals surface area (Å²) in [6, 6.07) is 8.71. The molecule has 0 fully saturated rings. The number of benzene rings is 2. The fourth-order valence-corrected chi connectivity index (χ4v) is 4.36. The lowest BCUT2D eigenvalue weighted by Crippen LogP contribution is -2.50. The molecule has 0 radical (unpaired) electrons. The van der Waals surface area contributed by atoms with Crippen molar-refractivity contribution in [2.75, 3.05) is 0 Å². The zero-order valence-electron chi connectivity index (χ0n) is 23.1. The minimum Gasteiger partial charge on any atom is -0.524 e. The quantitative estimate of drug-likeness (QED) is 0.421. The maximum absolute atomic E-state index is 6.40. The zero-order chi connectivity index (χ0) is 25.4. The molecule has 182 valence electrons. The van der Waals surface area contributed by atoms with Gasteiger partial charge in [-0.3, -0.25) is 0 Å². The standard InChI is InChI=1S/C28H40B2O4/c1-25(2,3)17-13-19(27(7,8)9)23-21(15-17)31-29(33-23)30-32-22-16-18(26(4,5)6)14-20(24(22)34-30)28(10,11)12/h13-16H,1-12H3. The number of fused-ring (bicyclic) bond motifs is 2. The molecule has 2 aromatic carbocycles. The van der Waals surface area contributed by atoms with Crippen molar-refractivity contribution in [3.05, 3.63) is 46.5 Å². The number of hydrogen-bond donors (Lipinski definition) is 0. The second-order valence-electron chi connectivity index (χ2n) is 13.9. The lowest BCUT2D eigenvalue weighted by Gasteiger charge is -2.26. The first-order valence-corrected chi connectivity index (χ1v) is 12.4. The summed E-state index contributed by atoms with van der Waals surface area (Å²) in [6.45, 7) is 26.5. The Labute approximate surface area is 207 Å². The molecule has 0 N–H and O–H groups in total. The SMILES string of the molecule is CC(C)(C)c1cc2c(c(C(C)(C)C)c1)OB(B1Oc3cc(C(C)(C)C)cc(C(C)(C)C)c3O1)O2. The van der Waals surface area contributed by atoms with Crippen molar-refractivity contribution in [3.63, 3.8) is 0 Å². The van der Waals surface area contributed by atoms with E-state index < -0.39 is 14.0 Å². The Morgan fingerprint density at radius 2 is 0.765 bits per heavy atom. The van der Waals surface area contributed by atoms with E-state index in [1.54, 1.807) is 0 Å². The summed E-state index contributed by atoms with van der Waals surface area (Å²) in [7, 11) is -1.35. The van der Waals surface area contributed by atoms with Gasteiger partial charge in [-0.1, -0.05) is 95.2 Å². The molecule has 2 aromatic rings. The summed E-state index contributed by atoms with van der Waals surface area (Å²) in [6.07, 6.45) is 0. The molecule has 4 nitrogen and oxygen atoms in total. The van der Waals surface area contributed by atoms with Gasteiger partial charge in [-0.05, 0) is 44.9 Å².